The molecular formula is C27H36N2O3. The number of benzene rings is 1. The monoisotopic (exact) mass is 436 g/mol. The largest absolute Gasteiger partial charge is 0.493 e. The molecule has 2 bridgehead atoms. The lowest BCUT2D eigenvalue weighted by Gasteiger charge is -2.66. The third-order valence-electron chi connectivity index (χ3n) is 11.0. The van der Waals surface area contributed by atoms with E-state index in [1.807, 2.05) is 0 Å². The molecule has 6 aliphatic rings. The minimum absolute atomic E-state index is 0.0764. The van der Waals surface area contributed by atoms with Crippen LogP contribution in [0, 0.1) is 23.2 Å². The summed E-state index contributed by atoms with van der Waals surface area (Å²) in [6.45, 7) is 1.13. The molecule has 2 unspecified atom stereocenters. The zero-order chi connectivity index (χ0) is 21.7. The molecule has 6 fully saturated rings. The molecule has 1 heterocycles. The van der Waals surface area contributed by atoms with Crippen molar-refractivity contribution in [2.24, 2.45) is 28.3 Å². The van der Waals surface area contributed by atoms with Crippen LogP contribution >= 0.6 is 0 Å². The van der Waals surface area contributed by atoms with Crippen LogP contribution in [0.15, 0.2) is 23.4 Å². The quantitative estimate of drug-likeness (QED) is 0.623. The van der Waals surface area contributed by atoms with Crippen LogP contribution < -0.4 is 9.47 Å². The average molecular weight is 437 g/mol. The summed E-state index contributed by atoms with van der Waals surface area (Å²) in [6, 6.07) is 7.00. The van der Waals surface area contributed by atoms with Gasteiger partial charge in [0.25, 0.3) is 0 Å². The molecule has 0 N–H and O–H groups in total. The summed E-state index contributed by atoms with van der Waals surface area (Å²) in [5, 5.41) is 4.91. The van der Waals surface area contributed by atoms with Crippen molar-refractivity contribution in [2.75, 3.05) is 27.8 Å². The fourth-order valence-electron chi connectivity index (χ4n) is 9.44. The third kappa shape index (κ3) is 2.31. The number of hydrogen-bond donors (Lipinski definition) is 0. The normalized spacial score (nSPS) is 46.9. The van der Waals surface area contributed by atoms with Gasteiger partial charge in [-0.15, -0.1) is 0 Å². The van der Waals surface area contributed by atoms with E-state index in [-0.39, 0.29) is 11.0 Å². The molecule has 1 aromatic carbocycles. The summed E-state index contributed by atoms with van der Waals surface area (Å²) in [5.74, 6) is 4.57. The van der Waals surface area contributed by atoms with E-state index in [1.165, 1.54) is 49.8 Å². The maximum Gasteiger partial charge on any atom is 0.161 e. The summed E-state index contributed by atoms with van der Waals surface area (Å²) < 4.78 is 11.1. The molecule has 1 aliphatic heterocycles. The molecule has 5 aliphatic carbocycles. The van der Waals surface area contributed by atoms with Crippen LogP contribution in [0.1, 0.15) is 63.4 Å². The summed E-state index contributed by atoms with van der Waals surface area (Å²) >= 11 is 0. The SMILES string of the molecule is COc1ccc([C@@]23CC/C(=N\OC45CC6CC7CC(C4)C76C5)C[C@@H]2N(C)CC3)cc1OC. The Morgan fingerprint density at radius 2 is 1.78 bits per heavy atom. The minimum Gasteiger partial charge on any atom is -0.493 e. The van der Waals surface area contributed by atoms with Gasteiger partial charge in [-0.25, -0.2) is 0 Å². The van der Waals surface area contributed by atoms with E-state index in [0.717, 1.165) is 55.1 Å². The average Bonchev–Trinajstić information content (AvgIpc) is 3.41. The first kappa shape index (κ1) is 19.7. The first-order valence-electron chi connectivity index (χ1n) is 12.7. The molecule has 5 saturated carbocycles. The Bertz CT molecular complexity index is 973. The van der Waals surface area contributed by atoms with Crippen molar-refractivity contribution in [3.8, 4) is 11.5 Å². The molecule has 0 amide bonds. The second-order valence-electron chi connectivity index (χ2n) is 11.9. The molecule has 32 heavy (non-hydrogen) atoms. The lowest BCUT2D eigenvalue weighted by atomic mass is 9.38. The summed E-state index contributed by atoms with van der Waals surface area (Å²) in [4.78, 5) is 9.06. The number of fused-ring (bicyclic) bond motifs is 2. The van der Waals surface area contributed by atoms with Gasteiger partial charge in [-0.2, -0.15) is 0 Å². The molecule has 1 spiro atoms. The standard InChI is InChI=1S/C27H36N2O3/c1-29-9-8-26(17-4-5-22(30-2)23(12-17)31-3)7-6-21(13-24(26)29)28-32-25-14-19-10-18-11-20(15-25)27(18,19)16-25/h4-5,12,18-20,24H,6-11,13-16H2,1-3H3/b28-21+/t18?,19?,20?,24-,25?,26-,27?/m0/s1. The highest BCUT2D eigenvalue weighted by molar-refractivity contribution is 5.86. The van der Waals surface area contributed by atoms with E-state index < -0.39 is 0 Å². The first-order valence-corrected chi connectivity index (χ1v) is 12.7. The number of likely N-dealkylation sites (N-methyl/N-ethyl adjacent to an activating group) is 1. The number of hydrogen-bond acceptors (Lipinski definition) is 5. The Balaban J connectivity index is 1.12. The van der Waals surface area contributed by atoms with Crippen LogP contribution in [0.4, 0.5) is 0 Å². The lowest BCUT2D eigenvalue weighted by molar-refractivity contribution is -0.182. The van der Waals surface area contributed by atoms with Crippen LogP contribution in [0.25, 0.3) is 0 Å². The molecule has 0 radical (unpaired) electrons. The molecule has 5 heteroatoms. The Kier molecular flexibility index (Phi) is 3.96. The maximum atomic E-state index is 6.52. The van der Waals surface area contributed by atoms with Gasteiger partial charge in [0.2, 0.25) is 0 Å². The van der Waals surface area contributed by atoms with Crippen molar-refractivity contribution in [3.05, 3.63) is 23.8 Å². The van der Waals surface area contributed by atoms with Gasteiger partial charge in [-0.3, -0.25) is 0 Å². The van der Waals surface area contributed by atoms with Gasteiger partial charge in [0.05, 0.1) is 19.9 Å². The van der Waals surface area contributed by atoms with E-state index >= 15 is 0 Å². The van der Waals surface area contributed by atoms with Crippen molar-refractivity contribution in [1.82, 2.24) is 4.90 Å². The number of likely N-dealkylation sites (tertiary alicyclic amines) is 1. The van der Waals surface area contributed by atoms with E-state index in [4.69, 9.17) is 19.5 Å². The van der Waals surface area contributed by atoms with Gasteiger partial charge in [0, 0.05) is 17.9 Å². The van der Waals surface area contributed by atoms with Gasteiger partial charge in [0.1, 0.15) is 5.60 Å². The summed E-state index contributed by atoms with van der Waals surface area (Å²) in [7, 11) is 5.71. The van der Waals surface area contributed by atoms with Gasteiger partial charge in [-0.05, 0) is 106 Å². The number of rotatable bonds is 5. The Hall–Kier alpha value is -1.75. The van der Waals surface area contributed by atoms with E-state index in [9.17, 15) is 0 Å². The van der Waals surface area contributed by atoms with Crippen LogP contribution in [0.3, 0.4) is 0 Å². The maximum absolute atomic E-state index is 6.52. The molecule has 1 saturated heterocycles. The highest BCUT2D eigenvalue weighted by Crippen LogP contribution is 2.82. The number of oxime groups is 1. The predicted molar refractivity (Wildman–Crippen MR) is 123 cm³/mol. The Labute approximate surface area is 191 Å². The van der Waals surface area contributed by atoms with Crippen LogP contribution in [0.5, 0.6) is 11.5 Å². The predicted octanol–water partition coefficient (Wildman–Crippen LogP) is 4.78. The molecule has 7 rings (SSSR count). The molecular weight excluding hydrogens is 400 g/mol. The van der Waals surface area contributed by atoms with Crippen molar-refractivity contribution in [1.29, 1.82) is 0 Å². The van der Waals surface area contributed by atoms with Crippen LogP contribution in [0.2, 0.25) is 0 Å². The minimum atomic E-state index is 0.0764. The number of nitrogens with zero attached hydrogens (tertiary/aromatic N) is 2. The van der Waals surface area contributed by atoms with E-state index in [1.54, 1.807) is 14.2 Å². The molecule has 0 aromatic heterocycles. The zero-order valence-corrected chi connectivity index (χ0v) is 19.7. The fraction of sp³-hybridized carbons (Fsp3) is 0.741. The molecule has 1 aromatic rings. The Morgan fingerprint density at radius 3 is 2.47 bits per heavy atom. The lowest BCUT2D eigenvalue weighted by Crippen LogP contribution is -2.59. The highest BCUT2D eigenvalue weighted by Gasteiger charge is 2.78. The second kappa shape index (κ2) is 6.43. The topological polar surface area (TPSA) is 43.3 Å². The molecule has 5 nitrogen and oxygen atoms in total. The van der Waals surface area contributed by atoms with Gasteiger partial charge < -0.3 is 19.2 Å². The van der Waals surface area contributed by atoms with Crippen molar-refractivity contribution >= 4 is 5.71 Å². The van der Waals surface area contributed by atoms with Gasteiger partial charge in [-0.1, -0.05) is 11.2 Å². The van der Waals surface area contributed by atoms with Crippen molar-refractivity contribution < 1.29 is 14.3 Å². The van der Waals surface area contributed by atoms with E-state index in [2.05, 4.69) is 30.1 Å². The zero-order valence-electron chi connectivity index (χ0n) is 19.7. The van der Waals surface area contributed by atoms with Crippen LogP contribution in [-0.2, 0) is 10.3 Å². The smallest absolute Gasteiger partial charge is 0.161 e. The van der Waals surface area contributed by atoms with Crippen molar-refractivity contribution in [3.63, 3.8) is 0 Å². The molecule has 172 valence electrons. The Morgan fingerprint density at radius 1 is 1.00 bits per heavy atom. The van der Waals surface area contributed by atoms with Gasteiger partial charge >= 0.3 is 0 Å². The van der Waals surface area contributed by atoms with Gasteiger partial charge in [0.15, 0.2) is 11.5 Å². The summed E-state index contributed by atoms with van der Waals surface area (Å²) in [6.07, 6.45) is 11.2. The third-order valence-corrected chi connectivity index (χ3v) is 11.0. The first-order chi connectivity index (χ1) is 15.5. The number of ether oxygens (including phenoxy) is 2. The highest BCUT2D eigenvalue weighted by atomic mass is 16.7. The number of methoxy groups -OCH3 is 2. The van der Waals surface area contributed by atoms with Crippen LogP contribution in [-0.4, -0.2) is 50.1 Å². The van der Waals surface area contributed by atoms with E-state index in [0.29, 0.717) is 11.5 Å². The molecule has 4 atom stereocenters. The fourth-order valence-corrected chi connectivity index (χ4v) is 9.44. The summed E-state index contributed by atoms with van der Waals surface area (Å²) in [5.41, 5.74) is 3.60. The van der Waals surface area contributed by atoms with Crippen molar-refractivity contribution in [2.45, 2.75) is 74.8 Å². The second-order valence-corrected chi connectivity index (χ2v) is 11.9.